The average Bonchev–Trinajstić information content (AvgIpc) is 2.65. The number of hydrogen-bond acceptors (Lipinski definition) is 3. The Morgan fingerprint density at radius 2 is 2.07 bits per heavy atom. The Kier molecular flexibility index (Phi) is 10.8. The molecule has 88 valence electrons. The first-order valence-electron chi connectivity index (χ1n) is 4.34. The highest BCUT2D eigenvalue weighted by atomic mass is 35.5. The summed E-state index contributed by atoms with van der Waals surface area (Å²) in [6, 6.07) is 1.81. The molecule has 0 aliphatic rings. The molecule has 0 aliphatic carbocycles. The fraction of sp³-hybridized carbons (Fsp3) is 0.500. The van der Waals surface area contributed by atoms with E-state index in [1.54, 1.807) is 17.1 Å². The molecule has 4 N–H and O–H groups in total. The minimum absolute atomic E-state index is 0. The predicted octanol–water partition coefficient (Wildman–Crippen LogP) is 0.628. The molecule has 0 aromatic carbocycles. The van der Waals surface area contributed by atoms with Crippen LogP contribution in [0.3, 0.4) is 0 Å². The van der Waals surface area contributed by atoms with Crippen LogP contribution >= 0.6 is 24.8 Å². The molecular weight excluding hydrogens is 237 g/mol. The number of nitrogens with two attached hydrogens (primary N) is 2. The molecule has 1 aromatic heterocycles. The van der Waals surface area contributed by atoms with Gasteiger partial charge >= 0.3 is 0 Å². The maximum atomic E-state index is 5.64. The van der Waals surface area contributed by atoms with E-state index >= 15 is 0 Å². The van der Waals surface area contributed by atoms with Gasteiger partial charge in [-0.25, -0.2) is 4.68 Å². The van der Waals surface area contributed by atoms with Gasteiger partial charge in [0.2, 0.25) is 5.96 Å². The molecule has 0 saturated carbocycles. The number of unbranched alkanes of at least 4 members (excludes halogenated alkanes) is 1. The molecule has 0 spiro atoms. The summed E-state index contributed by atoms with van der Waals surface area (Å²) in [6.45, 7) is 1.42. The fourth-order valence-electron chi connectivity index (χ4n) is 0.927. The Labute approximate surface area is 102 Å². The second-order valence-corrected chi connectivity index (χ2v) is 2.69. The highest BCUT2D eigenvalue weighted by molar-refractivity contribution is 5.85. The van der Waals surface area contributed by atoms with E-state index in [1.165, 1.54) is 0 Å². The molecular formula is C8H17Cl2N5. The molecule has 1 aromatic rings. The third kappa shape index (κ3) is 6.33. The van der Waals surface area contributed by atoms with E-state index in [2.05, 4.69) is 10.1 Å². The van der Waals surface area contributed by atoms with Gasteiger partial charge in [-0.3, -0.25) is 4.99 Å². The van der Waals surface area contributed by atoms with E-state index < -0.39 is 0 Å². The lowest BCUT2D eigenvalue weighted by atomic mass is 10.3. The van der Waals surface area contributed by atoms with Crippen LogP contribution in [0.1, 0.15) is 12.8 Å². The molecule has 0 atom stereocenters. The molecule has 0 amide bonds. The summed E-state index contributed by atoms with van der Waals surface area (Å²) in [5, 5.41) is 3.95. The molecule has 15 heavy (non-hydrogen) atoms. The fourth-order valence-corrected chi connectivity index (χ4v) is 0.927. The Morgan fingerprint density at radius 1 is 1.33 bits per heavy atom. The molecule has 5 nitrogen and oxygen atoms in total. The molecule has 0 fully saturated rings. The SMILES string of the molecule is Cl.Cl.NCCCCN=C(N)n1cccn1. The Bertz CT molecular complexity index is 260. The highest BCUT2D eigenvalue weighted by Gasteiger charge is 1.93. The van der Waals surface area contributed by atoms with Crippen molar-refractivity contribution in [3.8, 4) is 0 Å². The summed E-state index contributed by atoms with van der Waals surface area (Å²) in [7, 11) is 0. The summed E-state index contributed by atoms with van der Waals surface area (Å²) < 4.78 is 1.54. The quantitative estimate of drug-likeness (QED) is 0.469. The van der Waals surface area contributed by atoms with Gasteiger partial charge < -0.3 is 11.5 Å². The summed E-state index contributed by atoms with van der Waals surface area (Å²) >= 11 is 0. The first-order valence-corrected chi connectivity index (χ1v) is 4.34. The van der Waals surface area contributed by atoms with Gasteiger partial charge in [0.15, 0.2) is 0 Å². The first-order chi connectivity index (χ1) is 6.34. The van der Waals surface area contributed by atoms with Gasteiger partial charge in [0.1, 0.15) is 0 Å². The van der Waals surface area contributed by atoms with Crippen molar-refractivity contribution in [2.75, 3.05) is 13.1 Å². The van der Waals surface area contributed by atoms with Gasteiger partial charge in [0.05, 0.1) is 0 Å². The van der Waals surface area contributed by atoms with Crippen molar-refractivity contribution < 1.29 is 0 Å². The van der Waals surface area contributed by atoms with Gasteiger partial charge in [0, 0.05) is 18.9 Å². The number of halogens is 2. The highest BCUT2D eigenvalue weighted by Crippen LogP contribution is 1.88. The van der Waals surface area contributed by atoms with Crippen molar-refractivity contribution >= 4 is 30.8 Å². The number of nitrogens with zero attached hydrogens (tertiary/aromatic N) is 3. The van der Waals surface area contributed by atoms with E-state index in [0.29, 0.717) is 19.0 Å². The number of aromatic nitrogens is 2. The average molecular weight is 254 g/mol. The standard InChI is InChI=1S/C8H15N5.2ClH/c9-4-1-2-5-11-8(10)13-7-3-6-12-13;;/h3,6-7H,1-2,4-5,9H2,(H2,10,11);2*1H. The van der Waals surface area contributed by atoms with Crippen molar-refractivity contribution in [1.82, 2.24) is 9.78 Å². The Hall–Kier alpha value is -0.780. The normalized spacial score (nSPS) is 10.3. The zero-order valence-electron chi connectivity index (χ0n) is 8.37. The van der Waals surface area contributed by atoms with Crippen LogP contribution in [0.5, 0.6) is 0 Å². The van der Waals surface area contributed by atoms with E-state index in [0.717, 1.165) is 12.8 Å². The van der Waals surface area contributed by atoms with Crippen LogP contribution < -0.4 is 11.5 Å². The summed E-state index contributed by atoms with van der Waals surface area (Å²) in [5.74, 6) is 0.432. The van der Waals surface area contributed by atoms with Crippen molar-refractivity contribution in [2.45, 2.75) is 12.8 Å². The van der Waals surface area contributed by atoms with Crippen molar-refractivity contribution in [2.24, 2.45) is 16.5 Å². The molecule has 0 saturated heterocycles. The summed E-state index contributed by atoms with van der Waals surface area (Å²) in [4.78, 5) is 4.14. The summed E-state index contributed by atoms with van der Waals surface area (Å²) in [5.41, 5.74) is 11.0. The van der Waals surface area contributed by atoms with Crippen LogP contribution in [0.15, 0.2) is 23.5 Å². The minimum atomic E-state index is 0. The number of rotatable bonds is 4. The van der Waals surface area contributed by atoms with Gasteiger partial charge in [-0.05, 0) is 25.5 Å². The molecule has 7 heteroatoms. The van der Waals surface area contributed by atoms with Crippen LogP contribution in [-0.4, -0.2) is 28.8 Å². The second kappa shape index (κ2) is 9.76. The van der Waals surface area contributed by atoms with Crippen LogP contribution in [0, 0.1) is 0 Å². The van der Waals surface area contributed by atoms with E-state index in [1.807, 2.05) is 6.07 Å². The molecule has 0 unspecified atom stereocenters. The van der Waals surface area contributed by atoms with E-state index in [-0.39, 0.29) is 24.8 Å². The number of hydrogen-bond donors (Lipinski definition) is 2. The molecule has 1 rings (SSSR count). The van der Waals surface area contributed by atoms with Crippen molar-refractivity contribution in [3.63, 3.8) is 0 Å². The molecule has 0 radical (unpaired) electrons. The molecule has 1 heterocycles. The maximum absolute atomic E-state index is 5.64. The largest absolute Gasteiger partial charge is 0.368 e. The Morgan fingerprint density at radius 3 is 2.60 bits per heavy atom. The van der Waals surface area contributed by atoms with Crippen LogP contribution in [0.2, 0.25) is 0 Å². The monoisotopic (exact) mass is 253 g/mol. The predicted molar refractivity (Wildman–Crippen MR) is 66.9 cm³/mol. The first kappa shape index (κ1) is 16.6. The minimum Gasteiger partial charge on any atom is -0.368 e. The van der Waals surface area contributed by atoms with Crippen LogP contribution in [-0.2, 0) is 0 Å². The van der Waals surface area contributed by atoms with E-state index in [9.17, 15) is 0 Å². The number of aliphatic imine (C=N–C) groups is 1. The van der Waals surface area contributed by atoms with Crippen LogP contribution in [0.25, 0.3) is 0 Å². The van der Waals surface area contributed by atoms with Gasteiger partial charge in [-0.1, -0.05) is 0 Å². The molecule has 0 bridgehead atoms. The third-order valence-electron chi connectivity index (χ3n) is 1.63. The zero-order valence-corrected chi connectivity index (χ0v) is 10.0. The second-order valence-electron chi connectivity index (χ2n) is 2.69. The van der Waals surface area contributed by atoms with Crippen molar-refractivity contribution in [1.29, 1.82) is 0 Å². The maximum Gasteiger partial charge on any atom is 0.216 e. The smallest absolute Gasteiger partial charge is 0.216 e. The lowest BCUT2D eigenvalue weighted by Gasteiger charge is -1.99. The Balaban J connectivity index is 0. The summed E-state index contributed by atoms with van der Waals surface area (Å²) in [6.07, 6.45) is 5.39. The van der Waals surface area contributed by atoms with Gasteiger partial charge in [0.25, 0.3) is 0 Å². The van der Waals surface area contributed by atoms with Crippen molar-refractivity contribution in [3.05, 3.63) is 18.5 Å². The van der Waals surface area contributed by atoms with E-state index in [4.69, 9.17) is 11.5 Å². The van der Waals surface area contributed by atoms with Crippen LogP contribution in [0.4, 0.5) is 0 Å². The third-order valence-corrected chi connectivity index (χ3v) is 1.63. The lowest BCUT2D eigenvalue weighted by Crippen LogP contribution is -2.23. The van der Waals surface area contributed by atoms with Gasteiger partial charge in [-0.2, -0.15) is 5.10 Å². The molecule has 0 aliphatic heterocycles. The lowest BCUT2D eigenvalue weighted by molar-refractivity contribution is 0.749. The zero-order chi connectivity index (χ0) is 9.52. The van der Waals surface area contributed by atoms with Gasteiger partial charge in [-0.15, -0.1) is 24.8 Å². The topological polar surface area (TPSA) is 82.2 Å².